The molecular weight excluding hydrogens is 353 g/mol. The topological polar surface area (TPSA) is 63.2 Å². The molecule has 0 bridgehead atoms. The van der Waals surface area contributed by atoms with Crippen LogP contribution in [-0.2, 0) is 21.1 Å². The zero-order chi connectivity index (χ0) is 17.6. The van der Waals surface area contributed by atoms with Gasteiger partial charge in [-0.3, -0.25) is 4.79 Å². The lowest BCUT2D eigenvalue weighted by Gasteiger charge is -2.07. The first-order valence-electron chi connectivity index (χ1n) is 7.37. The second-order valence-corrected chi connectivity index (χ2v) is 7.71. The Kier molecular flexibility index (Phi) is 6.34. The Hall–Kier alpha value is -1.92. The Morgan fingerprint density at radius 2 is 1.75 bits per heavy atom. The molecule has 1 amide bonds. The maximum absolute atomic E-state index is 12.8. The van der Waals surface area contributed by atoms with Crippen LogP contribution in [0.15, 0.2) is 53.4 Å². The Labute approximate surface area is 145 Å². The standard InChI is InChI=1S/C17H17ClFNO3S/c18-15-3-1-2-4-16(15)24(22,23)12-10-17(21)20-11-9-13-5-7-14(19)8-6-13/h1-8H,9-12H2,(H,20,21). The molecule has 2 aromatic rings. The Balaban J connectivity index is 1.80. The van der Waals surface area contributed by atoms with Gasteiger partial charge in [0.1, 0.15) is 5.82 Å². The summed E-state index contributed by atoms with van der Waals surface area (Å²) in [6, 6.07) is 12.1. The second kappa shape index (κ2) is 8.26. The van der Waals surface area contributed by atoms with Crippen LogP contribution < -0.4 is 5.32 Å². The molecule has 24 heavy (non-hydrogen) atoms. The highest BCUT2D eigenvalue weighted by Crippen LogP contribution is 2.22. The van der Waals surface area contributed by atoms with Crippen LogP contribution in [0.2, 0.25) is 5.02 Å². The number of nitrogens with one attached hydrogen (secondary N) is 1. The van der Waals surface area contributed by atoms with Gasteiger partial charge < -0.3 is 5.32 Å². The fourth-order valence-electron chi connectivity index (χ4n) is 2.12. The van der Waals surface area contributed by atoms with E-state index in [4.69, 9.17) is 11.6 Å². The molecule has 0 unspecified atom stereocenters. The van der Waals surface area contributed by atoms with Crippen LogP contribution in [0.1, 0.15) is 12.0 Å². The van der Waals surface area contributed by atoms with E-state index in [2.05, 4.69) is 5.32 Å². The molecule has 2 rings (SSSR count). The summed E-state index contributed by atoms with van der Waals surface area (Å²) in [6.45, 7) is 0.358. The Bertz CT molecular complexity index is 807. The van der Waals surface area contributed by atoms with Gasteiger partial charge in [0.15, 0.2) is 9.84 Å². The van der Waals surface area contributed by atoms with Crippen molar-refractivity contribution in [1.82, 2.24) is 5.32 Å². The summed E-state index contributed by atoms with van der Waals surface area (Å²) in [5, 5.41) is 2.80. The van der Waals surface area contributed by atoms with Crippen molar-refractivity contribution < 1.29 is 17.6 Å². The summed E-state index contributed by atoms with van der Waals surface area (Å²) in [7, 11) is -3.60. The molecule has 0 atom stereocenters. The van der Waals surface area contributed by atoms with E-state index in [1.54, 1.807) is 24.3 Å². The van der Waals surface area contributed by atoms with Crippen molar-refractivity contribution in [1.29, 1.82) is 0 Å². The van der Waals surface area contributed by atoms with Crippen LogP contribution in [0, 0.1) is 5.82 Å². The van der Waals surface area contributed by atoms with Crippen molar-refractivity contribution in [3.8, 4) is 0 Å². The fourth-order valence-corrected chi connectivity index (χ4v) is 3.93. The molecule has 0 aliphatic heterocycles. The van der Waals surface area contributed by atoms with E-state index < -0.39 is 9.84 Å². The van der Waals surface area contributed by atoms with E-state index in [-0.39, 0.29) is 33.8 Å². The SMILES string of the molecule is O=C(CCS(=O)(=O)c1ccccc1Cl)NCCc1ccc(F)cc1. The second-order valence-electron chi connectivity index (χ2n) is 5.23. The molecule has 7 heteroatoms. The molecular formula is C17H17ClFNO3S. The zero-order valence-electron chi connectivity index (χ0n) is 12.8. The highest BCUT2D eigenvalue weighted by Gasteiger charge is 2.18. The Morgan fingerprint density at radius 1 is 1.08 bits per heavy atom. The van der Waals surface area contributed by atoms with E-state index in [9.17, 15) is 17.6 Å². The monoisotopic (exact) mass is 369 g/mol. The Morgan fingerprint density at radius 3 is 2.42 bits per heavy atom. The minimum atomic E-state index is -3.60. The van der Waals surface area contributed by atoms with Gasteiger partial charge in [0.05, 0.1) is 15.7 Å². The minimum absolute atomic E-state index is 0.0331. The van der Waals surface area contributed by atoms with Gasteiger partial charge in [-0.15, -0.1) is 0 Å². The lowest BCUT2D eigenvalue weighted by molar-refractivity contribution is -0.120. The van der Waals surface area contributed by atoms with E-state index in [0.717, 1.165) is 5.56 Å². The number of hydrogen-bond acceptors (Lipinski definition) is 3. The van der Waals surface area contributed by atoms with Gasteiger partial charge >= 0.3 is 0 Å². The van der Waals surface area contributed by atoms with Crippen molar-refractivity contribution in [3.63, 3.8) is 0 Å². The van der Waals surface area contributed by atoms with Crippen molar-refractivity contribution in [2.75, 3.05) is 12.3 Å². The molecule has 0 fully saturated rings. The number of benzene rings is 2. The van der Waals surface area contributed by atoms with Crippen LogP contribution >= 0.6 is 11.6 Å². The maximum atomic E-state index is 12.8. The molecule has 1 N–H and O–H groups in total. The van der Waals surface area contributed by atoms with Gasteiger partial charge in [0.2, 0.25) is 5.91 Å². The number of hydrogen-bond donors (Lipinski definition) is 1. The van der Waals surface area contributed by atoms with Crippen molar-refractivity contribution in [2.24, 2.45) is 0 Å². The predicted molar refractivity (Wildman–Crippen MR) is 91.2 cm³/mol. The number of carbonyl (C=O) groups is 1. The molecule has 0 spiro atoms. The van der Waals surface area contributed by atoms with Gasteiger partial charge in [-0.2, -0.15) is 0 Å². The van der Waals surface area contributed by atoms with E-state index in [1.165, 1.54) is 24.3 Å². The quantitative estimate of drug-likeness (QED) is 0.816. The molecule has 0 aliphatic carbocycles. The number of halogens is 2. The minimum Gasteiger partial charge on any atom is -0.356 e. The molecule has 4 nitrogen and oxygen atoms in total. The van der Waals surface area contributed by atoms with Gasteiger partial charge in [0.25, 0.3) is 0 Å². The third-order valence-electron chi connectivity index (χ3n) is 3.42. The normalized spacial score (nSPS) is 11.2. The van der Waals surface area contributed by atoms with Gasteiger partial charge in [-0.25, -0.2) is 12.8 Å². The fraction of sp³-hybridized carbons (Fsp3) is 0.235. The van der Waals surface area contributed by atoms with Crippen LogP contribution in [0.25, 0.3) is 0 Å². The average molecular weight is 370 g/mol. The lowest BCUT2D eigenvalue weighted by Crippen LogP contribution is -2.27. The van der Waals surface area contributed by atoms with Crippen LogP contribution in [0.3, 0.4) is 0 Å². The summed E-state index contributed by atoms with van der Waals surface area (Å²) >= 11 is 5.88. The number of amides is 1. The van der Waals surface area contributed by atoms with Gasteiger partial charge in [-0.1, -0.05) is 35.9 Å². The summed E-state index contributed by atoms with van der Waals surface area (Å²) in [5.41, 5.74) is 0.889. The molecule has 2 aromatic carbocycles. The molecule has 0 saturated carbocycles. The van der Waals surface area contributed by atoms with E-state index in [0.29, 0.717) is 13.0 Å². The molecule has 0 radical (unpaired) electrons. The first-order chi connectivity index (χ1) is 11.4. The summed E-state index contributed by atoms with van der Waals surface area (Å²) in [6.07, 6.45) is 0.403. The maximum Gasteiger partial charge on any atom is 0.221 e. The first kappa shape index (κ1) is 18.4. The summed E-state index contributed by atoms with van der Waals surface area (Å²) in [4.78, 5) is 11.8. The van der Waals surface area contributed by atoms with Crippen molar-refractivity contribution in [2.45, 2.75) is 17.7 Å². The van der Waals surface area contributed by atoms with Crippen LogP contribution in [0.4, 0.5) is 4.39 Å². The largest absolute Gasteiger partial charge is 0.356 e. The molecule has 0 aliphatic rings. The highest BCUT2D eigenvalue weighted by atomic mass is 35.5. The van der Waals surface area contributed by atoms with Gasteiger partial charge in [-0.05, 0) is 36.2 Å². The summed E-state index contributed by atoms with van der Waals surface area (Å²) < 4.78 is 37.2. The van der Waals surface area contributed by atoms with Crippen molar-refractivity contribution >= 4 is 27.3 Å². The molecule has 128 valence electrons. The average Bonchev–Trinajstić information content (AvgIpc) is 2.55. The summed E-state index contributed by atoms with van der Waals surface area (Å²) in [5.74, 6) is -0.973. The number of carbonyl (C=O) groups excluding carboxylic acids is 1. The lowest BCUT2D eigenvalue weighted by atomic mass is 10.1. The highest BCUT2D eigenvalue weighted by molar-refractivity contribution is 7.91. The number of sulfone groups is 1. The molecule has 0 aromatic heterocycles. The molecule has 0 saturated heterocycles. The third-order valence-corrected chi connectivity index (χ3v) is 5.63. The smallest absolute Gasteiger partial charge is 0.221 e. The predicted octanol–water partition coefficient (Wildman–Crippen LogP) is 3.00. The zero-order valence-corrected chi connectivity index (χ0v) is 14.4. The molecule has 0 heterocycles. The van der Waals surface area contributed by atoms with Gasteiger partial charge in [0, 0.05) is 13.0 Å². The van der Waals surface area contributed by atoms with E-state index in [1.807, 2.05) is 0 Å². The third kappa shape index (κ3) is 5.32. The number of rotatable bonds is 7. The van der Waals surface area contributed by atoms with Crippen molar-refractivity contribution in [3.05, 3.63) is 64.9 Å². The first-order valence-corrected chi connectivity index (χ1v) is 9.40. The van der Waals surface area contributed by atoms with Crippen LogP contribution in [-0.4, -0.2) is 26.6 Å². The van der Waals surface area contributed by atoms with Crippen LogP contribution in [0.5, 0.6) is 0 Å². The van der Waals surface area contributed by atoms with E-state index >= 15 is 0 Å².